The first-order valence-electron chi connectivity index (χ1n) is 10.7. The van der Waals surface area contributed by atoms with Gasteiger partial charge in [0.05, 0.1) is 29.2 Å². The number of thiophene rings is 2. The summed E-state index contributed by atoms with van der Waals surface area (Å²) in [7, 11) is 0. The first-order chi connectivity index (χ1) is 16.4. The molecule has 34 heavy (non-hydrogen) atoms. The number of para-hydroxylation sites is 1. The van der Waals surface area contributed by atoms with Crippen LogP contribution in [-0.4, -0.2) is 36.4 Å². The molecule has 10 heteroatoms. The average molecular weight is 492 g/mol. The predicted molar refractivity (Wildman–Crippen MR) is 135 cm³/mol. The Bertz CT molecular complexity index is 1620. The van der Waals surface area contributed by atoms with Crippen molar-refractivity contribution in [3.05, 3.63) is 80.0 Å². The number of fused-ring (bicyclic) bond motifs is 2. The van der Waals surface area contributed by atoms with E-state index in [4.69, 9.17) is 0 Å². The van der Waals surface area contributed by atoms with Gasteiger partial charge >= 0.3 is 0 Å². The summed E-state index contributed by atoms with van der Waals surface area (Å²) >= 11 is 2.97. The van der Waals surface area contributed by atoms with Crippen molar-refractivity contribution in [1.82, 2.24) is 24.4 Å². The van der Waals surface area contributed by atoms with Crippen LogP contribution in [0.3, 0.4) is 0 Å². The molecule has 8 nitrogen and oxygen atoms in total. The summed E-state index contributed by atoms with van der Waals surface area (Å²) in [6.45, 7) is 3.74. The minimum atomic E-state index is -0.262. The number of benzene rings is 1. The highest BCUT2D eigenvalue weighted by atomic mass is 32.1. The van der Waals surface area contributed by atoms with Crippen LogP contribution in [0.2, 0.25) is 0 Å². The van der Waals surface area contributed by atoms with Crippen LogP contribution in [0.1, 0.15) is 19.7 Å². The van der Waals surface area contributed by atoms with Crippen molar-refractivity contribution in [2.24, 2.45) is 0 Å². The molecule has 0 radical (unpaired) electrons. The van der Waals surface area contributed by atoms with Gasteiger partial charge in [0.15, 0.2) is 0 Å². The Morgan fingerprint density at radius 3 is 2.74 bits per heavy atom. The second kappa shape index (κ2) is 8.96. The first-order valence-corrected chi connectivity index (χ1v) is 12.5. The molecular weight excluding hydrogens is 470 g/mol. The van der Waals surface area contributed by atoms with Gasteiger partial charge in [-0.25, -0.2) is 9.97 Å². The van der Waals surface area contributed by atoms with Crippen LogP contribution in [0, 0.1) is 0 Å². The second-order valence-electron chi connectivity index (χ2n) is 8.13. The molecule has 0 atom stereocenters. The summed E-state index contributed by atoms with van der Waals surface area (Å²) in [4.78, 5) is 53.9. The van der Waals surface area contributed by atoms with Crippen LogP contribution in [0.4, 0.5) is 0 Å². The van der Waals surface area contributed by atoms with Gasteiger partial charge in [0.25, 0.3) is 11.1 Å². The molecule has 0 fully saturated rings. The topological polar surface area (TPSA) is 101 Å². The van der Waals surface area contributed by atoms with Crippen molar-refractivity contribution in [3.8, 4) is 10.4 Å². The molecule has 5 aromatic rings. The van der Waals surface area contributed by atoms with Gasteiger partial charge in [0.2, 0.25) is 5.91 Å². The molecule has 1 N–H and O–H groups in total. The van der Waals surface area contributed by atoms with E-state index in [1.807, 2.05) is 42.8 Å². The normalized spacial score (nSPS) is 11.5. The number of rotatable bonds is 6. The standard InChI is InChI=1S/C24H21N5O3S2/c1-14(2)29(10-19-26-17-7-4-3-6-15(17)22(31)27-19)20(30)11-28-13-25-23-21(24(28)32)16(12-34-23)18-8-5-9-33-18/h3-9,12-14H,10-11H2,1-2H3,(H,26,27,31). The van der Waals surface area contributed by atoms with Crippen LogP contribution in [0.15, 0.2) is 63.1 Å². The van der Waals surface area contributed by atoms with E-state index in [1.54, 1.807) is 34.4 Å². The lowest BCUT2D eigenvalue weighted by Crippen LogP contribution is -2.41. The summed E-state index contributed by atoms with van der Waals surface area (Å²) in [5.41, 5.74) is 0.917. The Morgan fingerprint density at radius 2 is 1.97 bits per heavy atom. The molecule has 0 unspecified atom stereocenters. The molecule has 5 rings (SSSR count). The van der Waals surface area contributed by atoms with Gasteiger partial charge in [0, 0.05) is 21.9 Å². The number of amides is 1. The summed E-state index contributed by atoms with van der Waals surface area (Å²) in [6.07, 6.45) is 1.42. The summed E-state index contributed by atoms with van der Waals surface area (Å²) in [5, 5.41) is 4.92. The van der Waals surface area contributed by atoms with Crippen LogP contribution >= 0.6 is 22.7 Å². The lowest BCUT2D eigenvalue weighted by molar-refractivity contribution is -0.134. The average Bonchev–Trinajstić information content (AvgIpc) is 3.49. The summed E-state index contributed by atoms with van der Waals surface area (Å²) < 4.78 is 1.35. The van der Waals surface area contributed by atoms with E-state index in [0.29, 0.717) is 26.9 Å². The van der Waals surface area contributed by atoms with Gasteiger partial charge in [-0.3, -0.25) is 19.0 Å². The smallest absolute Gasteiger partial charge is 0.263 e. The van der Waals surface area contributed by atoms with E-state index in [1.165, 1.54) is 22.2 Å². The highest BCUT2D eigenvalue weighted by Crippen LogP contribution is 2.33. The molecule has 0 saturated heterocycles. The van der Waals surface area contributed by atoms with E-state index < -0.39 is 0 Å². The third-order valence-electron chi connectivity index (χ3n) is 5.58. The maximum atomic E-state index is 13.3. The maximum Gasteiger partial charge on any atom is 0.263 e. The molecule has 172 valence electrons. The SMILES string of the molecule is CC(C)N(Cc1nc2ccccc2c(=O)[nH]1)C(=O)Cn1cnc2scc(-c3cccs3)c2c1=O. The molecule has 1 aromatic carbocycles. The number of hydrogen-bond donors (Lipinski definition) is 1. The van der Waals surface area contributed by atoms with E-state index in [9.17, 15) is 14.4 Å². The molecule has 1 amide bonds. The van der Waals surface area contributed by atoms with Crippen LogP contribution < -0.4 is 11.1 Å². The molecule has 4 heterocycles. The van der Waals surface area contributed by atoms with Crippen molar-refractivity contribution in [1.29, 1.82) is 0 Å². The van der Waals surface area contributed by atoms with Gasteiger partial charge < -0.3 is 9.88 Å². The Hall–Kier alpha value is -3.63. The molecule has 0 spiro atoms. The number of carbonyl (C=O) groups is 1. The number of aromatic nitrogens is 4. The quantitative estimate of drug-likeness (QED) is 0.389. The Labute approximate surface area is 202 Å². The summed E-state index contributed by atoms with van der Waals surface area (Å²) in [6, 6.07) is 10.8. The van der Waals surface area contributed by atoms with E-state index >= 15 is 0 Å². The lowest BCUT2D eigenvalue weighted by Gasteiger charge is -2.26. The van der Waals surface area contributed by atoms with Crippen LogP contribution in [-0.2, 0) is 17.9 Å². The number of nitrogens with zero attached hydrogens (tertiary/aromatic N) is 4. The van der Waals surface area contributed by atoms with Crippen molar-refractivity contribution >= 4 is 49.7 Å². The zero-order valence-electron chi connectivity index (χ0n) is 18.5. The lowest BCUT2D eigenvalue weighted by atomic mass is 10.2. The van der Waals surface area contributed by atoms with Crippen molar-refractivity contribution < 1.29 is 4.79 Å². The molecule has 4 aromatic heterocycles. The van der Waals surface area contributed by atoms with Crippen molar-refractivity contribution in [2.75, 3.05) is 0 Å². The molecule has 0 aliphatic carbocycles. The van der Waals surface area contributed by atoms with Gasteiger partial charge in [-0.1, -0.05) is 18.2 Å². The molecule has 0 aliphatic rings. The number of nitrogens with one attached hydrogen (secondary N) is 1. The number of hydrogen-bond acceptors (Lipinski definition) is 7. The third kappa shape index (κ3) is 4.06. The molecular formula is C24H21N5O3S2. The zero-order valence-corrected chi connectivity index (χ0v) is 20.2. The second-order valence-corrected chi connectivity index (χ2v) is 9.94. The fourth-order valence-corrected chi connectivity index (χ4v) is 5.58. The van der Waals surface area contributed by atoms with Crippen molar-refractivity contribution in [3.63, 3.8) is 0 Å². The predicted octanol–water partition coefficient (Wildman–Crippen LogP) is 3.86. The maximum absolute atomic E-state index is 13.3. The number of H-pyrrole nitrogens is 1. The van der Waals surface area contributed by atoms with Gasteiger partial charge in [0.1, 0.15) is 17.2 Å². The highest BCUT2D eigenvalue weighted by molar-refractivity contribution is 7.18. The third-order valence-corrected chi connectivity index (χ3v) is 7.37. The van der Waals surface area contributed by atoms with E-state index in [-0.39, 0.29) is 36.2 Å². The van der Waals surface area contributed by atoms with Crippen LogP contribution in [0.25, 0.3) is 31.6 Å². The minimum absolute atomic E-state index is 0.125. The molecule has 0 bridgehead atoms. The summed E-state index contributed by atoms with van der Waals surface area (Å²) in [5.74, 6) is 0.131. The zero-order chi connectivity index (χ0) is 23.8. The van der Waals surface area contributed by atoms with Gasteiger partial charge in [-0.2, -0.15) is 0 Å². The minimum Gasteiger partial charge on any atom is -0.331 e. The fourth-order valence-electron chi connectivity index (χ4n) is 3.86. The van der Waals surface area contributed by atoms with E-state index in [2.05, 4.69) is 15.0 Å². The van der Waals surface area contributed by atoms with Crippen molar-refractivity contribution in [2.45, 2.75) is 33.0 Å². The highest BCUT2D eigenvalue weighted by Gasteiger charge is 2.21. The largest absolute Gasteiger partial charge is 0.331 e. The molecule has 0 saturated carbocycles. The van der Waals surface area contributed by atoms with Gasteiger partial charge in [-0.05, 0) is 37.4 Å². The fraction of sp³-hybridized carbons (Fsp3) is 0.208. The Balaban J connectivity index is 1.45. The number of carbonyl (C=O) groups excluding carboxylic acids is 1. The first kappa shape index (κ1) is 22.2. The Morgan fingerprint density at radius 1 is 1.15 bits per heavy atom. The van der Waals surface area contributed by atoms with Gasteiger partial charge in [-0.15, -0.1) is 22.7 Å². The molecule has 0 aliphatic heterocycles. The monoisotopic (exact) mass is 491 g/mol. The Kier molecular flexibility index (Phi) is 5.84. The number of aromatic amines is 1. The van der Waals surface area contributed by atoms with Crippen LogP contribution in [0.5, 0.6) is 0 Å². The van der Waals surface area contributed by atoms with E-state index in [0.717, 1.165) is 10.4 Å².